The van der Waals surface area contributed by atoms with Gasteiger partial charge in [0.05, 0.1) is 26.0 Å². The molecule has 6 nitrogen and oxygen atoms in total. The first-order chi connectivity index (χ1) is 12.8. The number of thiophene rings is 1. The molecule has 2 N–H and O–H groups in total. The fourth-order valence-corrected chi connectivity index (χ4v) is 3.63. The maximum absolute atomic E-state index is 5.40. The van der Waals surface area contributed by atoms with Crippen LogP contribution in [0.25, 0.3) is 0 Å². The van der Waals surface area contributed by atoms with Crippen molar-refractivity contribution in [3.05, 3.63) is 46.0 Å². The van der Waals surface area contributed by atoms with Crippen molar-refractivity contribution >= 4 is 17.3 Å². The highest BCUT2D eigenvalue weighted by Gasteiger charge is 2.10. The fraction of sp³-hybridized carbons (Fsp3) is 0.526. The van der Waals surface area contributed by atoms with Gasteiger partial charge in [0.15, 0.2) is 5.96 Å². The van der Waals surface area contributed by atoms with Gasteiger partial charge in [0.2, 0.25) is 0 Å². The summed E-state index contributed by atoms with van der Waals surface area (Å²) in [6.07, 6.45) is 2.55. The number of morpholine rings is 1. The first-order valence-electron chi connectivity index (χ1n) is 9.19. The van der Waals surface area contributed by atoms with Crippen LogP contribution in [0.1, 0.15) is 15.5 Å². The molecule has 1 fully saturated rings. The molecule has 0 unspecified atom stereocenters. The quantitative estimate of drug-likeness (QED) is 0.547. The largest absolute Gasteiger partial charge is 0.469 e. The molecule has 3 rings (SSSR count). The average Bonchev–Trinajstić information content (AvgIpc) is 3.32. The summed E-state index contributed by atoms with van der Waals surface area (Å²) in [6.45, 7) is 9.17. The molecule has 2 aromatic heterocycles. The van der Waals surface area contributed by atoms with Crippen molar-refractivity contribution in [1.29, 1.82) is 0 Å². The molecule has 0 aliphatic carbocycles. The molecule has 1 aliphatic rings. The molecular weight excluding hydrogens is 348 g/mol. The monoisotopic (exact) mass is 376 g/mol. The Morgan fingerprint density at radius 3 is 2.77 bits per heavy atom. The Morgan fingerprint density at radius 2 is 2.04 bits per heavy atom. The molecular formula is C19H28N4O2S. The number of nitrogens with zero attached hydrogens (tertiary/aromatic N) is 2. The lowest BCUT2D eigenvalue weighted by Gasteiger charge is -2.26. The van der Waals surface area contributed by atoms with E-state index in [1.807, 2.05) is 12.1 Å². The Balaban J connectivity index is 1.47. The zero-order chi connectivity index (χ0) is 18.0. The summed E-state index contributed by atoms with van der Waals surface area (Å²) in [4.78, 5) is 9.76. The van der Waals surface area contributed by atoms with E-state index in [4.69, 9.17) is 14.1 Å². The SMILES string of the molecule is Cc1ccc(CN=C(NCCc2ccco2)NCCN2CCOCC2)s1. The first-order valence-corrected chi connectivity index (χ1v) is 10.0. The van der Waals surface area contributed by atoms with Gasteiger partial charge in [0, 0.05) is 48.9 Å². The maximum Gasteiger partial charge on any atom is 0.191 e. The normalized spacial score (nSPS) is 16.0. The number of furan rings is 1. The topological polar surface area (TPSA) is 62.0 Å². The summed E-state index contributed by atoms with van der Waals surface area (Å²) in [5, 5.41) is 6.87. The summed E-state index contributed by atoms with van der Waals surface area (Å²) in [5.74, 6) is 1.84. The third-order valence-electron chi connectivity index (χ3n) is 4.26. The number of rotatable bonds is 8. The van der Waals surface area contributed by atoms with Gasteiger partial charge in [0.1, 0.15) is 5.76 Å². The smallest absolute Gasteiger partial charge is 0.191 e. The molecule has 1 aliphatic heterocycles. The van der Waals surface area contributed by atoms with Crippen LogP contribution in [0, 0.1) is 6.92 Å². The molecule has 7 heteroatoms. The Morgan fingerprint density at radius 1 is 1.19 bits per heavy atom. The van der Waals surface area contributed by atoms with Crippen LogP contribution in [0.2, 0.25) is 0 Å². The Kier molecular flexibility index (Phi) is 7.54. The predicted octanol–water partition coefficient (Wildman–Crippen LogP) is 2.26. The summed E-state index contributed by atoms with van der Waals surface area (Å²) < 4.78 is 10.8. The Labute approximate surface area is 159 Å². The number of aryl methyl sites for hydroxylation is 1. The van der Waals surface area contributed by atoms with E-state index in [1.54, 1.807) is 17.6 Å². The van der Waals surface area contributed by atoms with E-state index < -0.39 is 0 Å². The molecule has 0 amide bonds. The fourth-order valence-electron chi connectivity index (χ4n) is 2.82. The second kappa shape index (κ2) is 10.4. The van der Waals surface area contributed by atoms with Gasteiger partial charge in [-0.2, -0.15) is 0 Å². The zero-order valence-corrected chi connectivity index (χ0v) is 16.2. The summed E-state index contributed by atoms with van der Waals surface area (Å²) in [7, 11) is 0. The Bertz CT molecular complexity index is 663. The summed E-state index contributed by atoms with van der Waals surface area (Å²) in [6, 6.07) is 8.21. The Hall–Kier alpha value is -1.83. The van der Waals surface area contributed by atoms with Crippen molar-refractivity contribution in [2.75, 3.05) is 45.9 Å². The van der Waals surface area contributed by atoms with Gasteiger partial charge in [-0.1, -0.05) is 0 Å². The molecule has 142 valence electrons. The minimum Gasteiger partial charge on any atom is -0.469 e. The predicted molar refractivity (Wildman–Crippen MR) is 106 cm³/mol. The molecule has 0 spiro atoms. The summed E-state index contributed by atoms with van der Waals surface area (Å²) in [5.41, 5.74) is 0. The molecule has 3 heterocycles. The molecule has 26 heavy (non-hydrogen) atoms. The van der Waals surface area contributed by atoms with Crippen LogP contribution in [0.3, 0.4) is 0 Å². The van der Waals surface area contributed by atoms with Crippen molar-refractivity contribution in [2.24, 2.45) is 4.99 Å². The van der Waals surface area contributed by atoms with E-state index in [9.17, 15) is 0 Å². The number of guanidine groups is 1. The van der Waals surface area contributed by atoms with E-state index in [0.717, 1.165) is 64.1 Å². The lowest BCUT2D eigenvalue weighted by atomic mass is 10.3. The maximum atomic E-state index is 5.40. The van der Waals surface area contributed by atoms with Crippen molar-refractivity contribution < 1.29 is 9.15 Å². The third kappa shape index (κ3) is 6.48. The van der Waals surface area contributed by atoms with Crippen LogP contribution in [0.5, 0.6) is 0 Å². The van der Waals surface area contributed by atoms with Crippen molar-refractivity contribution in [2.45, 2.75) is 19.9 Å². The van der Waals surface area contributed by atoms with Crippen molar-refractivity contribution in [1.82, 2.24) is 15.5 Å². The van der Waals surface area contributed by atoms with Crippen LogP contribution < -0.4 is 10.6 Å². The van der Waals surface area contributed by atoms with E-state index in [-0.39, 0.29) is 0 Å². The minimum atomic E-state index is 0.701. The van der Waals surface area contributed by atoms with Gasteiger partial charge in [0.25, 0.3) is 0 Å². The standard InChI is InChI=1S/C19H28N4O2S/c1-16-4-5-18(26-16)15-22-19(20-7-6-17-3-2-12-25-17)21-8-9-23-10-13-24-14-11-23/h2-5,12H,6-11,13-15H2,1H3,(H2,20,21,22). The molecule has 0 atom stereocenters. The summed E-state index contributed by atoms with van der Waals surface area (Å²) >= 11 is 1.80. The van der Waals surface area contributed by atoms with Crippen molar-refractivity contribution in [3.8, 4) is 0 Å². The number of nitrogens with one attached hydrogen (secondary N) is 2. The minimum absolute atomic E-state index is 0.701. The van der Waals surface area contributed by atoms with Gasteiger partial charge in [-0.15, -0.1) is 11.3 Å². The lowest BCUT2D eigenvalue weighted by Crippen LogP contribution is -2.44. The van der Waals surface area contributed by atoms with Crippen molar-refractivity contribution in [3.63, 3.8) is 0 Å². The molecule has 0 saturated carbocycles. The van der Waals surface area contributed by atoms with Crippen LogP contribution in [0.4, 0.5) is 0 Å². The highest BCUT2D eigenvalue weighted by atomic mass is 32.1. The van der Waals surface area contributed by atoms with Crippen LogP contribution in [-0.2, 0) is 17.7 Å². The van der Waals surface area contributed by atoms with Gasteiger partial charge >= 0.3 is 0 Å². The lowest BCUT2D eigenvalue weighted by molar-refractivity contribution is 0.0389. The van der Waals surface area contributed by atoms with Crippen LogP contribution >= 0.6 is 11.3 Å². The molecule has 1 saturated heterocycles. The van der Waals surface area contributed by atoms with E-state index in [2.05, 4.69) is 34.6 Å². The highest BCUT2D eigenvalue weighted by molar-refractivity contribution is 7.11. The van der Waals surface area contributed by atoms with E-state index in [0.29, 0.717) is 6.54 Å². The second-order valence-corrected chi connectivity index (χ2v) is 7.69. The van der Waals surface area contributed by atoms with Gasteiger partial charge in [-0.3, -0.25) is 4.90 Å². The molecule has 0 bridgehead atoms. The highest BCUT2D eigenvalue weighted by Crippen LogP contribution is 2.15. The van der Waals surface area contributed by atoms with Gasteiger partial charge < -0.3 is 19.8 Å². The van der Waals surface area contributed by atoms with Crippen LogP contribution in [-0.4, -0.2) is 56.8 Å². The van der Waals surface area contributed by atoms with Gasteiger partial charge in [-0.05, 0) is 31.2 Å². The number of aliphatic imine (C=N–C) groups is 1. The van der Waals surface area contributed by atoms with Gasteiger partial charge in [-0.25, -0.2) is 4.99 Å². The van der Waals surface area contributed by atoms with E-state index in [1.165, 1.54) is 9.75 Å². The van der Waals surface area contributed by atoms with Crippen LogP contribution in [0.15, 0.2) is 39.9 Å². The average molecular weight is 377 g/mol. The van der Waals surface area contributed by atoms with E-state index >= 15 is 0 Å². The number of ether oxygens (including phenoxy) is 1. The number of hydrogen-bond donors (Lipinski definition) is 2. The third-order valence-corrected chi connectivity index (χ3v) is 5.24. The second-order valence-electron chi connectivity index (χ2n) is 6.31. The molecule has 0 radical (unpaired) electrons. The molecule has 2 aromatic rings. The first kappa shape index (κ1) is 18.9. The molecule has 0 aromatic carbocycles. The zero-order valence-electron chi connectivity index (χ0n) is 15.4. The number of hydrogen-bond acceptors (Lipinski definition) is 5.